The Kier molecular flexibility index (Phi) is 6.07. The normalized spacial score (nSPS) is 11.3. The van der Waals surface area contributed by atoms with E-state index in [0.717, 1.165) is 6.26 Å². The minimum absolute atomic E-state index is 0.0827. The molecule has 0 radical (unpaired) electrons. The second-order valence-corrected chi connectivity index (χ2v) is 6.87. The molecule has 1 aromatic rings. The van der Waals surface area contributed by atoms with E-state index in [1.807, 2.05) is 0 Å². The highest BCUT2D eigenvalue weighted by Crippen LogP contribution is 2.23. The number of rotatable bonds is 6. The van der Waals surface area contributed by atoms with E-state index in [1.54, 1.807) is 13.8 Å². The average molecular weight is 329 g/mol. The molecule has 0 atom stereocenters. The van der Waals surface area contributed by atoms with E-state index in [1.165, 1.54) is 25.3 Å². The minimum atomic E-state index is -3.64. The van der Waals surface area contributed by atoms with Crippen LogP contribution in [0.4, 0.5) is 5.69 Å². The van der Waals surface area contributed by atoms with Crippen molar-refractivity contribution >= 4 is 27.4 Å². The summed E-state index contributed by atoms with van der Waals surface area (Å²) in [6.07, 6.45) is 0.866. The molecule has 1 aromatic carbocycles. The number of carbonyl (C=O) groups is 2. The Morgan fingerprint density at radius 2 is 1.91 bits per heavy atom. The zero-order chi connectivity index (χ0) is 16.9. The molecule has 8 heteroatoms. The standard InChI is InChI=1S/C14H19NO6S/c1-9(2)21-8-13(16)15-11-6-5-10(14(17)20-3)7-12(11)22(4,18)19/h5-7,9H,8H2,1-4H3,(H,15,16). The van der Waals surface area contributed by atoms with Crippen LogP contribution in [0.15, 0.2) is 23.1 Å². The molecule has 7 nitrogen and oxygen atoms in total. The number of esters is 1. The van der Waals surface area contributed by atoms with Gasteiger partial charge in [0.05, 0.1) is 29.4 Å². The van der Waals surface area contributed by atoms with Gasteiger partial charge in [0.2, 0.25) is 5.91 Å². The van der Waals surface area contributed by atoms with Crippen molar-refractivity contribution in [3.05, 3.63) is 23.8 Å². The number of carbonyl (C=O) groups excluding carboxylic acids is 2. The summed E-state index contributed by atoms with van der Waals surface area (Å²) < 4.78 is 33.4. The fourth-order valence-corrected chi connectivity index (χ4v) is 2.47. The van der Waals surface area contributed by atoms with Gasteiger partial charge in [0.15, 0.2) is 9.84 Å². The summed E-state index contributed by atoms with van der Waals surface area (Å²) in [7, 11) is -2.44. The summed E-state index contributed by atoms with van der Waals surface area (Å²) in [5, 5.41) is 2.46. The number of benzene rings is 1. The fraction of sp³-hybridized carbons (Fsp3) is 0.429. The second kappa shape index (κ2) is 7.37. The number of hydrogen-bond acceptors (Lipinski definition) is 6. The van der Waals surface area contributed by atoms with Gasteiger partial charge in [-0.05, 0) is 32.0 Å². The molecule has 22 heavy (non-hydrogen) atoms. The Hall–Kier alpha value is -1.93. The maximum atomic E-state index is 11.8. The number of amides is 1. The van der Waals surface area contributed by atoms with Crippen LogP contribution in [-0.4, -0.2) is 46.4 Å². The van der Waals surface area contributed by atoms with Crippen molar-refractivity contribution in [1.29, 1.82) is 0 Å². The molecule has 122 valence electrons. The van der Waals surface area contributed by atoms with E-state index in [2.05, 4.69) is 10.1 Å². The number of anilines is 1. The van der Waals surface area contributed by atoms with Crippen molar-refractivity contribution in [2.75, 3.05) is 25.3 Å². The Balaban J connectivity index is 3.09. The maximum absolute atomic E-state index is 11.8. The third-order valence-electron chi connectivity index (χ3n) is 2.62. The quantitative estimate of drug-likeness (QED) is 0.788. The van der Waals surface area contributed by atoms with Gasteiger partial charge < -0.3 is 14.8 Å². The van der Waals surface area contributed by atoms with Crippen molar-refractivity contribution in [3.63, 3.8) is 0 Å². The summed E-state index contributed by atoms with van der Waals surface area (Å²) in [6.45, 7) is 3.36. The zero-order valence-corrected chi connectivity index (χ0v) is 13.7. The van der Waals surface area contributed by atoms with Gasteiger partial charge >= 0.3 is 5.97 Å². The van der Waals surface area contributed by atoms with Crippen LogP contribution in [0, 0.1) is 0 Å². The van der Waals surface area contributed by atoms with Crippen molar-refractivity contribution in [2.24, 2.45) is 0 Å². The van der Waals surface area contributed by atoms with Crippen molar-refractivity contribution in [2.45, 2.75) is 24.8 Å². The first-order valence-corrected chi connectivity index (χ1v) is 8.38. The van der Waals surface area contributed by atoms with E-state index in [9.17, 15) is 18.0 Å². The van der Waals surface area contributed by atoms with E-state index >= 15 is 0 Å². The van der Waals surface area contributed by atoms with Crippen LogP contribution in [0.3, 0.4) is 0 Å². The van der Waals surface area contributed by atoms with E-state index in [4.69, 9.17) is 4.74 Å². The van der Waals surface area contributed by atoms with Gasteiger partial charge in [0.25, 0.3) is 0 Å². The molecular weight excluding hydrogens is 310 g/mol. The fourth-order valence-electron chi connectivity index (χ4n) is 1.61. The first-order valence-electron chi connectivity index (χ1n) is 6.49. The van der Waals surface area contributed by atoms with Gasteiger partial charge in [-0.25, -0.2) is 13.2 Å². The highest BCUT2D eigenvalue weighted by Gasteiger charge is 2.18. The molecule has 0 saturated carbocycles. The Morgan fingerprint density at radius 3 is 2.41 bits per heavy atom. The molecule has 0 unspecified atom stereocenters. The molecule has 0 aliphatic carbocycles. The first kappa shape index (κ1) is 18.1. The highest BCUT2D eigenvalue weighted by molar-refractivity contribution is 7.90. The topological polar surface area (TPSA) is 98.8 Å². The average Bonchev–Trinajstić information content (AvgIpc) is 2.43. The Labute approximate surface area is 129 Å². The highest BCUT2D eigenvalue weighted by atomic mass is 32.2. The van der Waals surface area contributed by atoms with Crippen molar-refractivity contribution in [3.8, 4) is 0 Å². The summed E-state index contributed by atoms with van der Waals surface area (Å²) in [4.78, 5) is 23.1. The SMILES string of the molecule is COC(=O)c1ccc(NC(=O)COC(C)C)c(S(C)(=O)=O)c1. The summed E-state index contributed by atoms with van der Waals surface area (Å²) in [5.74, 6) is -1.14. The maximum Gasteiger partial charge on any atom is 0.337 e. The molecule has 1 N–H and O–H groups in total. The van der Waals surface area contributed by atoms with Crippen molar-refractivity contribution in [1.82, 2.24) is 0 Å². The van der Waals surface area contributed by atoms with Crippen LogP contribution in [0.25, 0.3) is 0 Å². The van der Waals surface area contributed by atoms with Crippen LogP contribution in [0.2, 0.25) is 0 Å². The number of hydrogen-bond donors (Lipinski definition) is 1. The predicted octanol–water partition coefficient (Wildman–Crippen LogP) is 1.24. The first-order chi connectivity index (χ1) is 10.1. The third kappa shape index (κ3) is 5.12. The van der Waals surface area contributed by atoms with Gasteiger partial charge in [-0.15, -0.1) is 0 Å². The lowest BCUT2D eigenvalue weighted by Crippen LogP contribution is -2.22. The van der Waals surface area contributed by atoms with Crippen LogP contribution in [0.1, 0.15) is 24.2 Å². The van der Waals surface area contributed by atoms with E-state index in [0.29, 0.717) is 0 Å². The van der Waals surface area contributed by atoms with Gasteiger partial charge in [0, 0.05) is 6.26 Å². The lowest BCUT2D eigenvalue weighted by molar-refractivity contribution is -0.121. The van der Waals surface area contributed by atoms with Crippen molar-refractivity contribution < 1.29 is 27.5 Å². The van der Waals surface area contributed by atoms with E-state index < -0.39 is 21.7 Å². The van der Waals surface area contributed by atoms with Gasteiger partial charge in [0.1, 0.15) is 6.61 Å². The lowest BCUT2D eigenvalue weighted by Gasteiger charge is -2.12. The minimum Gasteiger partial charge on any atom is -0.465 e. The number of methoxy groups -OCH3 is 1. The molecule has 0 aliphatic rings. The molecule has 0 aliphatic heterocycles. The second-order valence-electron chi connectivity index (χ2n) is 4.88. The zero-order valence-electron chi connectivity index (χ0n) is 12.9. The summed E-state index contributed by atoms with van der Waals surface area (Å²) in [5.41, 5.74) is 0.173. The van der Waals surface area contributed by atoms with Crippen LogP contribution in [-0.2, 0) is 24.1 Å². The van der Waals surface area contributed by atoms with Crippen LogP contribution < -0.4 is 5.32 Å². The number of ether oxygens (including phenoxy) is 2. The molecule has 1 amide bonds. The molecule has 1 rings (SSSR count). The van der Waals surface area contributed by atoms with Gasteiger partial charge in [-0.1, -0.05) is 0 Å². The molecule has 0 heterocycles. The third-order valence-corrected chi connectivity index (χ3v) is 3.76. The van der Waals surface area contributed by atoms with Gasteiger partial charge in [-0.2, -0.15) is 0 Å². The molecule has 0 saturated heterocycles. The molecule has 0 fully saturated rings. The van der Waals surface area contributed by atoms with Crippen LogP contribution >= 0.6 is 0 Å². The predicted molar refractivity (Wildman–Crippen MR) is 80.6 cm³/mol. The summed E-state index contributed by atoms with van der Waals surface area (Å²) in [6, 6.07) is 3.88. The Morgan fingerprint density at radius 1 is 1.27 bits per heavy atom. The molecular formula is C14H19NO6S. The number of nitrogens with one attached hydrogen (secondary N) is 1. The molecule has 0 bridgehead atoms. The summed E-state index contributed by atoms with van der Waals surface area (Å²) >= 11 is 0. The lowest BCUT2D eigenvalue weighted by atomic mass is 10.2. The smallest absolute Gasteiger partial charge is 0.337 e. The number of sulfone groups is 1. The molecule has 0 aromatic heterocycles. The largest absolute Gasteiger partial charge is 0.465 e. The monoisotopic (exact) mass is 329 g/mol. The van der Waals surface area contributed by atoms with E-state index in [-0.39, 0.29) is 28.9 Å². The Bertz CT molecular complexity index is 666. The molecule has 0 spiro atoms. The van der Waals surface area contributed by atoms with Crippen LogP contribution in [0.5, 0.6) is 0 Å². The van der Waals surface area contributed by atoms with Gasteiger partial charge in [-0.3, -0.25) is 4.79 Å².